The van der Waals surface area contributed by atoms with Crippen LogP contribution in [0.2, 0.25) is 0 Å². The predicted octanol–water partition coefficient (Wildman–Crippen LogP) is 2.53. The van der Waals surface area contributed by atoms with Gasteiger partial charge in [0.25, 0.3) is 0 Å². The fourth-order valence-electron chi connectivity index (χ4n) is 2.42. The van der Waals surface area contributed by atoms with Crippen LogP contribution < -0.4 is 5.32 Å². The largest absolute Gasteiger partial charge is 0.392 e. The van der Waals surface area contributed by atoms with Crippen molar-refractivity contribution >= 4 is 0 Å². The zero-order valence-electron chi connectivity index (χ0n) is 10.2. The average Bonchev–Trinajstić information content (AvgIpc) is 2.32. The molecule has 0 amide bonds. The van der Waals surface area contributed by atoms with Crippen molar-refractivity contribution in [2.24, 2.45) is 0 Å². The number of benzene rings is 1. The summed E-state index contributed by atoms with van der Waals surface area (Å²) in [6.07, 6.45) is 3.98. The minimum atomic E-state index is -0.231. The summed E-state index contributed by atoms with van der Waals surface area (Å²) in [6.45, 7) is 2.47. The number of aryl methyl sites for hydroxylation is 1. The van der Waals surface area contributed by atoms with Gasteiger partial charge in [-0.25, -0.2) is 4.39 Å². The van der Waals surface area contributed by atoms with E-state index < -0.39 is 0 Å². The number of nitrogens with one attached hydrogen (secondary N) is 1. The smallest absolute Gasteiger partial charge is 0.126 e. The summed E-state index contributed by atoms with van der Waals surface area (Å²) >= 11 is 0. The second-order valence-corrected chi connectivity index (χ2v) is 4.92. The Kier molecular flexibility index (Phi) is 4.13. The zero-order chi connectivity index (χ0) is 12.3. The Hall–Kier alpha value is -0.930. The van der Waals surface area contributed by atoms with Gasteiger partial charge in [-0.1, -0.05) is 25.0 Å². The van der Waals surface area contributed by atoms with Gasteiger partial charge >= 0.3 is 0 Å². The Bertz CT molecular complexity index is 380. The summed E-state index contributed by atoms with van der Waals surface area (Å²) in [5, 5.41) is 13.2. The first-order valence-corrected chi connectivity index (χ1v) is 6.33. The molecule has 0 saturated heterocycles. The fourth-order valence-corrected chi connectivity index (χ4v) is 2.42. The van der Waals surface area contributed by atoms with Gasteiger partial charge in [0.2, 0.25) is 0 Å². The summed E-state index contributed by atoms with van der Waals surface area (Å²) in [7, 11) is 0. The first kappa shape index (κ1) is 12.5. The van der Waals surface area contributed by atoms with Crippen molar-refractivity contribution < 1.29 is 9.50 Å². The molecule has 17 heavy (non-hydrogen) atoms. The van der Waals surface area contributed by atoms with Crippen molar-refractivity contribution in [3.63, 3.8) is 0 Å². The lowest BCUT2D eigenvalue weighted by Crippen LogP contribution is -2.41. The van der Waals surface area contributed by atoms with E-state index in [1.165, 1.54) is 12.5 Å². The van der Waals surface area contributed by atoms with Crippen molar-refractivity contribution in [3.05, 3.63) is 35.1 Å². The van der Waals surface area contributed by atoms with Crippen molar-refractivity contribution in [2.45, 2.75) is 51.3 Å². The molecule has 0 aromatic heterocycles. The average molecular weight is 237 g/mol. The van der Waals surface area contributed by atoms with Crippen LogP contribution in [0.15, 0.2) is 18.2 Å². The maximum atomic E-state index is 13.1. The van der Waals surface area contributed by atoms with Gasteiger partial charge < -0.3 is 10.4 Å². The molecule has 2 unspecified atom stereocenters. The van der Waals surface area contributed by atoms with E-state index in [0.717, 1.165) is 24.8 Å². The van der Waals surface area contributed by atoms with Gasteiger partial charge in [-0.3, -0.25) is 0 Å². The summed E-state index contributed by atoms with van der Waals surface area (Å²) in [6, 6.07) is 5.35. The third kappa shape index (κ3) is 3.27. The fraction of sp³-hybridized carbons (Fsp3) is 0.571. The molecule has 0 heterocycles. The summed E-state index contributed by atoms with van der Waals surface area (Å²) in [5.41, 5.74) is 1.75. The van der Waals surface area contributed by atoms with Gasteiger partial charge in [0.15, 0.2) is 0 Å². The highest BCUT2D eigenvalue weighted by molar-refractivity contribution is 5.23. The molecular formula is C14H20FNO. The number of aliphatic hydroxyl groups is 1. The third-order valence-corrected chi connectivity index (χ3v) is 3.52. The van der Waals surface area contributed by atoms with Gasteiger partial charge in [-0.2, -0.15) is 0 Å². The van der Waals surface area contributed by atoms with Gasteiger partial charge in [-0.15, -0.1) is 0 Å². The molecule has 0 radical (unpaired) electrons. The predicted molar refractivity (Wildman–Crippen MR) is 66.2 cm³/mol. The van der Waals surface area contributed by atoms with E-state index in [1.807, 2.05) is 6.07 Å². The molecule has 1 aromatic rings. The Morgan fingerprint density at radius 1 is 1.35 bits per heavy atom. The number of rotatable bonds is 3. The minimum absolute atomic E-state index is 0.161. The van der Waals surface area contributed by atoms with E-state index in [-0.39, 0.29) is 18.0 Å². The quantitative estimate of drug-likeness (QED) is 0.846. The number of hydrogen-bond acceptors (Lipinski definition) is 2. The highest BCUT2D eigenvalue weighted by Gasteiger charge is 2.22. The molecule has 3 heteroatoms. The molecule has 2 atom stereocenters. The van der Waals surface area contributed by atoms with Gasteiger partial charge in [-0.05, 0) is 37.0 Å². The second kappa shape index (κ2) is 5.61. The molecule has 1 fully saturated rings. The summed E-state index contributed by atoms with van der Waals surface area (Å²) < 4.78 is 13.1. The van der Waals surface area contributed by atoms with E-state index >= 15 is 0 Å². The monoisotopic (exact) mass is 237 g/mol. The van der Waals surface area contributed by atoms with Crippen LogP contribution in [0.4, 0.5) is 4.39 Å². The molecule has 1 aliphatic rings. The first-order chi connectivity index (χ1) is 8.16. The molecule has 2 nitrogen and oxygen atoms in total. The van der Waals surface area contributed by atoms with E-state index in [4.69, 9.17) is 0 Å². The third-order valence-electron chi connectivity index (χ3n) is 3.52. The molecule has 2 N–H and O–H groups in total. The lowest BCUT2D eigenvalue weighted by Gasteiger charge is -2.28. The molecule has 94 valence electrons. The van der Waals surface area contributed by atoms with Crippen molar-refractivity contribution in [1.29, 1.82) is 0 Å². The molecule has 2 rings (SSSR count). The molecular weight excluding hydrogens is 217 g/mol. The van der Waals surface area contributed by atoms with Gasteiger partial charge in [0.1, 0.15) is 5.82 Å². The Labute approximate surface area is 102 Å². The molecule has 0 spiro atoms. The maximum absolute atomic E-state index is 13.1. The van der Waals surface area contributed by atoms with Crippen LogP contribution in [-0.4, -0.2) is 17.3 Å². The van der Waals surface area contributed by atoms with Crippen LogP contribution in [0.25, 0.3) is 0 Å². The Morgan fingerprint density at radius 3 is 2.82 bits per heavy atom. The molecule has 0 aliphatic heterocycles. The normalized spacial score (nSPS) is 24.9. The topological polar surface area (TPSA) is 32.3 Å². The molecule has 1 aliphatic carbocycles. The highest BCUT2D eigenvalue weighted by Crippen LogP contribution is 2.19. The second-order valence-electron chi connectivity index (χ2n) is 4.92. The standard InChI is InChI=1S/C14H20FNO/c1-10-8-11(6-7-12(10)15)9-16-13-4-2-3-5-14(13)17/h6-8,13-14,16-17H,2-5,9H2,1H3. The Balaban J connectivity index is 1.90. The lowest BCUT2D eigenvalue weighted by molar-refractivity contribution is 0.0902. The zero-order valence-corrected chi connectivity index (χ0v) is 10.2. The van der Waals surface area contributed by atoms with Crippen LogP contribution in [0.3, 0.4) is 0 Å². The van der Waals surface area contributed by atoms with E-state index in [0.29, 0.717) is 12.1 Å². The van der Waals surface area contributed by atoms with Crippen LogP contribution in [-0.2, 0) is 6.54 Å². The van der Waals surface area contributed by atoms with Crippen LogP contribution in [0, 0.1) is 12.7 Å². The number of halogens is 1. The van der Waals surface area contributed by atoms with Crippen LogP contribution in [0.5, 0.6) is 0 Å². The van der Waals surface area contributed by atoms with Crippen LogP contribution >= 0.6 is 0 Å². The van der Waals surface area contributed by atoms with E-state index in [9.17, 15) is 9.50 Å². The summed E-state index contributed by atoms with van der Waals surface area (Å²) in [4.78, 5) is 0. The minimum Gasteiger partial charge on any atom is -0.392 e. The van der Waals surface area contributed by atoms with Crippen LogP contribution in [0.1, 0.15) is 36.8 Å². The van der Waals surface area contributed by atoms with Crippen molar-refractivity contribution in [3.8, 4) is 0 Å². The Morgan fingerprint density at radius 2 is 2.12 bits per heavy atom. The molecule has 1 saturated carbocycles. The summed E-state index contributed by atoms with van der Waals surface area (Å²) in [5.74, 6) is -0.161. The van der Waals surface area contributed by atoms with Crippen molar-refractivity contribution in [1.82, 2.24) is 5.32 Å². The molecule has 1 aromatic carbocycles. The highest BCUT2D eigenvalue weighted by atomic mass is 19.1. The van der Waals surface area contributed by atoms with Crippen molar-refractivity contribution in [2.75, 3.05) is 0 Å². The van der Waals surface area contributed by atoms with E-state index in [1.54, 1.807) is 13.0 Å². The first-order valence-electron chi connectivity index (χ1n) is 6.33. The van der Waals surface area contributed by atoms with Gasteiger partial charge in [0, 0.05) is 12.6 Å². The number of aliphatic hydroxyl groups excluding tert-OH is 1. The molecule has 0 bridgehead atoms. The van der Waals surface area contributed by atoms with E-state index in [2.05, 4.69) is 5.32 Å². The number of hydrogen-bond donors (Lipinski definition) is 2. The van der Waals surface area contributed by atoms with Gasteiger partial charge in [0.05, 0.1) is 6.10 Å². The SMILES string of the molecule is Cc1cc(CNC2CCCCC2O)ccc1F. The maximum Gasteiger partial charge on any atom is 0.126 e. The lowest BCUT2D eigenvalue weighted by atomic mass is 9.92.